The molecule has 1 aromatic rings. The van der Waals surface area contributed by atoms with Gasteiger partial charge in [0.25, 0.3) is 0 Å². The summed E-state index contributed by atoms with van der Waals surface area (Å²) in [4.78, 5) is 14.6. The molecule has 0 aromatic heterocycles. The first-order valence-electron chi connectivity index (χ1n) is 7.04. The van der Waals surface area contributed by atoms with Crippen LogP contribution in [0.5, 0.6) is 0 Å². The molecule has 2 aliphatic rings. The minimum atomic E-state index is -0.0778. The standard InChI is InChI=1S/C15H21N3O.2ClH/c16-13-3-1-2-12(10-13)11-18-9-6-15(14(18)19)4-7-17-8-5-15;;/h1-3,10,17H,4-9,11,16H2;2*1H. The Morgan fingerprint density at radius 2 is 1.90 bits per heavy atom. The first-order chi connectivity index (χ1) is 9.20. The van der Waals surface area contributed by atoms with Gasteiger partial charge in [0.05, 0.1) is 5.41 Å². The summed E-state index contributed by atoms with van der Waals surface area (Å²) in [7, 11) is 0. The highest BCUT2D eigenvalue weighted by molar-refractivity contribution is 5.86. The number of benzene rings is 1. The molecular weight excluding hydrogens is 309 g/mol. The van der Waals surface area contributed by atoms with E-state index in [9.17, 15) is 4.79 Å². The lowest BCUT2D eigenvalue weighted by Crippen LogP contribution is -2.42. The van der Waals surface area contributed by atoms with Gasteiger partial charge < -0.3 is 16.0 Å². The summed E-state index contributed by atoms with van der Waals surface area (Å²) < 4.78 is 0. The molecule has 3 rings (SSSR count). The van der Waals surface area contributed by atoms with Crippen LogP contribution in [0.2, 0.25) is 0 Å². The molecule has 0 atom stereocenters. The van der Waals surface area contributed by atoms with E-state index in [4.69, 9.17) is 5.73 Å². The predicted octanol–water partition coefficient (Wildman–Crippen LogP) is 2.21. The van der Waals surface area contributed by atoms with Crippen LogP contribution in [0.15, 0.2) is 24.3 Å². The lowest BCUT2D eigenvalue weighted by Gasteiger charge is -2.32. The number of carbonyl (C=O) groups is 1. The molecule has 2 heterocycles. The molecule has 1 spiro atoms. The topological polar surface area (TPSA) is 58.4 Å². The molecule has 0 radical (unpaired) electrons. The van der Waals surface area contributed by atoms with Gasteiger partial charge in [0.1, 0.15) is 0 Å². The van der Waals surface area contributed by atoms with Gasteiger partial charge in [0.2, 0.25) is 5.91 Å². The largest absolute Gasteiger partial charge is 0.399 e. The van der Waals surface area contributed by atoms with Crippen molar-refractivity contribution in [3.8, 4) is 0 Å². The van der Waals surface area contributed by atoms with Crippen molar-refractivity contribution in [2.45, 2.75) is 25.8 Å². The zero-order valence-electron chi connectivity index (χ0n) is 12.0. The van der Waals surface area contributed by atoms with E-state index in [0.717, 1.165) is 50.1 Å². The fraction of sp³-hybridized carbons (Fsp3) is 0.533. The zero-order valence-corrected chi connectivity index (χ0v) is 13.6. The van der Waals surface area contributed by atoms with Crippen LogP contribution >= 0.6 is 24.8 Å². The van der Waals surface area contributed by atoms with Crippen molar-refractivity contribution < 1.29 is 4.79 Å². The van der Waals surface area contributed by atoms with Crippen LogP contribution in [0.4, 0.5) is 5.69 Å². The Kier molecular flexibility index (Phi) is 6.32. The molecule has 4 nitrogen and oxygen atoms in total. The molecule has 0 saturated carbocycles. The Balaban J connectivity index is 0.00000110. The second-order valence-electron chi connectivity index (χ2n) is 5.75. The molecule has 2 fully saturated rings. The highest BCUT2D eigenvalue weighted by Gasteiger charge is 2.46. The van der Waals surface area contributed by atoms with Crippen LogP contribution in [0.1, 0.15) is 24.8 Å². The lowest BCUT2D eigenvalue weighted by atomic mass is 9.78. The van der Waals surface area contributed by atoms with Crippen molar-refractivity contribution in [2.24, 2.45) is 5.41 Å². The third-order valence-electron chi connectivity index (χ3n) is 4.49. The molecule has 0 bridgehead atoms. The maximum atomic E-state index is 12.6. The van der Waals surface area contributed by atoms with E-state index in [-0.39, 0.29) is 30.2 Å². The zero-order chi connectivity index (χ0) is 13.3. The van der Waals surface area contributed by atoms with Crippen molar-refractivity contribution in [3.63, 3.8) is 0 Å². The van der Waals surface area contributed by atoms with Gasteiger partial charge in [-0.15, -0.1) is 24.8 Å². The molecule has 2 saturated heterocycles. The van der Waals surface area contributed by atoms with Crippen LogP contribution in [0.25, 0.3) is 0 Å². The Labute approximate surface area is 138 Å². The number of hydrogen-bond acceptors (Lipinski definition) is 3. The summed E-state index contributed by atoms with van der Waals surface area (Å²) in [5.41, 5.74) is 7.60. The van der Waals surface area contributed by atoms with E-state index in [0.29, 0.717) is 12.5 Å². The van der Waals surface area contributed by atoms with Crippen LogP contribution in [0.3, 0.4) is 0 Å². The maximum Gasteiger partial charge on any atom is 0.229 e. The van der Waals surface area contributed by atoms with E-state index < -0.39 is 0 Å². The van der Waals surface area contributed by atoms with E-state index in [2.05, 4.69) is 5.32 Å². The Hall–Kier alpha value is -0.970. The van der Waals surface area contributed by atoms with Crippen molar-refractivity contribution in [3.05, 3.63) is 29.8 Å². The number of nitrogens with two attached hydrogens (primary N) is 1. The van der Waals surface area contributed by atoms with Crippen molar-refractivity contribution >= 4 is 36.4 Å². The molecule has 118 valence electrons. The van der Waals surface area contributed by atoms with Crippen LogP contribution in [-0.4, -0.2) is 30.4 Å². The average Bonchev–Trinajstić information content (AvgIpc) is 2.70. The molecule has 2 aliphatic heterocycles. The Morgan fingerprint density at radius 1 is 1.19 bits per heavy atom. The number of likely N-dealkylation sites (tertiary alicyclic amines) is 1. The van der Waals surface area contributed by atoms with Gasteiger partial charge in [0, 0.05) is 18.8 Å². The molecule has 3 N–H and O–H groups in total. The van der Waals surface area contributed by atoms with Gasteiger partial charge in [-0.25, -0.2) is 0 Å². The van der Waals surface area contributed by atoms with Gasteiger partial charge in [-0.3, -0.25) is 4.79 Å². The number of nitrogens with zero attached hydrogens (tertiary/aromatic N) is 1. The number of amides is 1. The first-order valence-corrected chi connectivity index (χ1v) is 7.04. The van der Waals surface area contributed by atoms with E-state index in [1.165, 1.54) is 0 Å². The SMILES string of the molecule is Cl.Cl.Nc1cccc(CN2CCC3(CCNCC3)C2=O)c1. The van der Waals surface area contributed by atoms with Gasteiger partial charge in [-0.05, 0) is 50.0 Å². The number of rotatable bonds is 2. The number of nitrogens with one attached hydrogen (secondary N) is 1. The van der Waals surface area contributed by atoms with E-state index >= 15 is 0 Å². The van der Waals surface area contributed by atoms with Crippen molar-refractivity contribution in [1.82, 2.24) is 10.2 Å². The number of halogens is 2. The molecule has 6 heteroatoms. The summed E-state index contributed by atoms with van der Waals surface area (Å²) in [6.45, 7) is 3.52. The summed E-state index contributed by atoms with van der Waals surface area (Å²) in [5.74, 6) is 0.344. The summed E-state index contributed by atoms with van der Waals surface area (Å²) in [5, 5.41) is 3.34. The molecule has 21 heavy (non-hydrogen) atoms. The third kappa shape index (κ3) is 3.62. The summed E-state index contributed by atoms with van der Waals surface area (Å²) in [6.07, 6.45) is 2.98. The number of anilines is 1. The van der Waals surface area contributed by atoms with E-state index in [1.54, 1.807) is 0 Å². The van der Waals surface area contributed by atoms with Crippen molar-refractivity contribution in [1.29, 1.82) is 0 Å². The van der Waals surface area contributed by atoms with Gasteiger partial charge in [-0.1, -0.05) is 12.1 Å². The second kappa shape index (κ2) is 7.34. The highest BCUT2D eigenvalue weighted by atomic mass is 35.5. The highest BCUT2D eigenvalue weighted by Crippen LogP contribution is 2.40. The number of piperidine rings is 1. The summed E-state index contributed by atoms with van der Waals surface area (Å²) >= 11 is 0. The number of carbonyl (C=O) groups excluding carboxylic acids is 1. The Morgan fingerprint density at radius 3 is 2.57 bits per heavy atom. The summed E-state index contributed by atoms with van der Waals surface area (Å²) in [6, 6.07) is 7.83. The minimum absolute atomic E-state index is 0. The van der Waals surface area contributed by atoms with E-state index in [1.807, 2.05) is 29.2 Å². The molecule has 0 aliphatic carbocycles. The average molecular weight is 332 g/mol. The van der Waals surface area contributed by atoms with Gasteiger partial charge in [-0.2, -0.15) is 0 Å². The van der Waals surface area contributed by atoms with Crippen LogP contribution in [-0.2, 0) is 11.3 Å². The Bertz CT molecular complexity index is 490. The monoisotopic (exact) mass is 331 g/mol. The second-order valence-corrected chi connectivity index (χ2v) is 5.75. The maximum absolute atomic E-state index is 12.6. The molecule has 1 aromatic carbocycles. The smallest absolute Gasteiger partial charge is 0.229 e. The normalized spacial score (nSPS) is 20.0. The van der Waals surface area contributed by atoms with Crippen LogP contribution < -0.4 is 11.1 Å². The molecule has 1 amide bonds. The molecule has 0 unspecified atom stereocenters. The number of hydrogen-bond donors (Lipinski definition) is 2. The van der Waals surface area contributed by atoms with Gasteiger partial charge >= 0.3 is 0 Å². The van der Waals surface area contributed by atoms with Gasteiger partial charge in [0.15, 0.2) is 0 Å². The van der Waals surface area contributed by atoms with Crippen LogP contribution in [0, 0.1) is 5.41 Å². The lowest BCUT2D eigenvalue weighted by molar-refractivity contribution is -0.137. The quantitative estimate of drug-likeness (QED) is 0.817. The third-order valence-corrected chi connectivity index (χ3v) is 4.49. The first kappa shape index (κ1) is 18.1. The van der Waals surface area contributed by atoms with Crippen molar-refractivity contribution in [2.75, 3.05) is 25.4 Å². The molecular formula is C15H23Cl2N3O. The fourth-order valence-electron chi connectivity index (χ4n) is 3.32. The fourth-order valence-corrected chi connectivity index (χ4v) is 3.32. The predicted molar refractivity (Wildman–Crippen MR) is 89.9 cm³/mol. The minimum Gasteiger partial charge on any atom is -0.399 e. The number of nitrogen functional groups attached to an aromatic ring is 1.